The van der Waals surface area contributed by atoms with Gasteiger partial charge in [-0.05, 0) is 0 Å². The summed E-state index contributed by atoms with van der Waals surface area (Å²) in [5.41, 5.74) is 0. The van der Waals surface area contributed by atoms with Gasteiger partial charge in [-0.3, -0.25) is 0 Å². The third kappa shape index (κ3) is 4.17. The highest BCUT2D eigenvalue weighted by Gasteiger charge is 2.31. The van der Waals surface area contributed by atoms with E-state index in [9.17, 15) is 9.59 Å². The van der Waals surface area contributed by atoms with Gasteiger partial charge in [0.2, 0.25) is 0 Å². The zero-order valence-electron chi connectivity index (χ0n) is 7.29. The molecule has 0 aliphatic heterocycles. The average molecular weight is 208 g/mol. The van der Waals surface area contributed by atoms with Crippen molar-refractivity contribution >= 4 is 11.9 Å². The van der Waals surface area contributed by atoms with Crippen LogP contribution in [0.25, 0.3) is 0 Å². The van der Waals surface area contributed by atoms with Crippen molar-refractivity contribution in [2.24, 2.45) is 0 Å². The van der Waals surface area contributed by atoms with E-state index in [4.69, 9.17) is 20.4 Å². The number of hydrogen-bond acceptors (Lipinski definition) is 6. The van der Waals surface area contributed by atoms with Crippen LogP contribution in [0.2, 0.25) is 0 Å². The molecule has 0 aromatic rings. The Morgan fingerprint density at radius 1 is 1.21 bits per heavy atom. The van der Waals surface area contributed by atoms with Gasteiger partial charge < -0.3 is 25.2 Å². The molecule has 0 spiro atoms. The molecule has 0 aliphatic carbocycles. The van der Waals surface area contributed by atoms with Crippen molar-refractivity contribution in [2.45, 2.75) is 18.6 Å². The van der Waals surface area contributed by atoms with Gasteiger partial charge >= 0.3 is 11.9 Å². The Labute approximate surface area is 79.5 Å². The highest BCUT2D eigenvalue weighted by atomic mass is 16.6. The molecule has 2 unspecified atom stereocenters. The number of esters is 1. The maximum atomic E-state index is 10.8. The van der Waals surface area contributed by atoms with Crippen molar-refractivity contribution in [2.75, 3.05) is 13.2 Å². The van der Waals surface area contributed by atoms with E-state index in [2.05, 4.69) is 4.74 Å². The summed E-state index contributed by atoms with van der Waals surface area (Å²) in [6, 6.07) is 0. The molecule has 0 rings (SSSR count). The molecule has 0 amide bonds. The predicted molar refractivity (Wildman–Crippen MR) is 42.3 cm³/mol. The monoisotopic (exact) mass is 208 g/mol. The highest BCUT2D eigenvalue weighted by molar-refractivity contribution is 5.84. The summed E-state index contributed by atoms with van der Waals surface area (Å²) in [7, 11) is 0. The minimum absolute atomic E-state index is 0.140. The van der Waals surface area contributed by atoms with Crippen molar-refractivity contribution in [3.8, 4) is 0 Å². The number of carbonyl (C=O) groups excluding carboxylic acids is 1. The van der Waals surface area contributed by atoms with Crippen LogP contribution >= 0.6 is 0 Å². The second-order valence-corrected chi connectivity index (χ2v) is 2.47. The second kappa shape index (κ2) is 6.30. The molecule has 0 saturated carbocycles. The molecule has 0 aromatic heterocycles. The first-order chi connectivity index (χ1) is 6.50. The first-order valence-corrected chi connectivity index (χ1v) is 3.87. The van der Waals surface area contributed by atoms with E-state index in [1.165, 1.54) is 0 Å². The summed E-state index contributed by atoms with van der Waals surface area (Å²) in [5.74, 6) is -2.94. The van der Waals surface area contributed by atoms with Gasteiger partial charge in [0.05, 0.1) is 6.61 Å². The van der Waals surface area contributed by atoms with Crippen LogP contribution < -0.4 is 0 Å². The fourth-order valence-electron chi connectivity index (χ4n) is 0.587. The van der Waals surface area contributed by atoms with Crippen LogP contribution in [0.5, 0.6) is 0 Å². The van der Waals surface area contributed by atoms with Crippen molar-refractivity contribution in [1.29, 1.82) is 0 Å². The Morgan fingerprint density at radius 3 is 2.21 bits per heavy atom. The molecule has 0 saturated heterocycles. The maximum absolute atomic E-state index is 10.8. The minimum atomic E-state index is -2.20. The summed E-state index contributed by atoms with van der Waals surface area (Å²) in [5, 5.41) is 34.1. The van der Waals surface area contributed by atoms with Gasteiger partial charge in [0, 0.05) is 13.0 Å². The normalized spacial score (nSPS) is 14.5. The zero-order valence-corrected chi connectivity index (χ0v) is 7.29. The molecule has 0 aromatic carbocycles. The molecular weight excluding hydrogens is 196 g/mol. The Kier molecular flexibility index (Phi) is 5.77. The third-order valence-electron chi connectivity index (χ3n) is 1.34. The SMILES string of the molecule is O=C(O)C(O)C(O)C(=O)OCCCO. The molecule has 0 bridgehead atoms. The Balaban J connectivity index is 3.92. The van der Waals surface area contributed by atoms with Gasteiger partial charge in [0.25, 0.3) is 0 Å². The van der Waals surface area contributed by atoms with E-state index < -0.39 is 24.1 Å². The lowest BCUT2D eigenvalue weighted by Crippen LogP contribution is -2.40. The van der Waals surface area contributed by atoms with Crippen LogP contribution in [-0.2, 0) is 14.3 Å². The Morgan fingerprint density at radius 2 is 1.79 bits per heavy atom. The number of carbonyl (C=O) groups is 2. The van der Waals surface area contributed by atoms with Crippen LogP contribution in [-0.4, -0.2) is 57.8 Å². The first kappa shape index (κ1) is 12.8. The molecule has 82 valence electrons. The van der Waals surface area contributed by atoms with Gasteiger partial charge in [0.1, 0.15) is 0 Å². The molecule has 7 heteroatoms. The van der Waals surface area contributed by atoms with Crippen molar-refractivity contribution in [3.63, 3.8) is 0 Å². The fourth-order valence-corrected chi connectivity index (χ4v) is 0.587. The predicted octanol–water partition coefficient (Wildman–Crippen LogP) is -2.28. The van der Waals surface area contributed by atoms with Gasteiger partial charge in [-0.1, -0.05) is 0 Å². The summed E-state index contributed by atoms with van der Waals surface area (Å²) >= 11 is 0. The second-order valence-electron chi connectivity index (χ2n) is 2.47. The number of aliphatic hydroxyl groups is 3. The largest absolute Gasteiger partial charge is 0.479 e. The van der Waals surface area contributed by atoms with Gasteiger partial charge in [-0.25, -0.2) is 9.59 Å². The van der Waals surface area contributed by atoms with E-state index in [-0.39, 0.29) is 19.6 Å². The number of hydrogen-bond donors (Lipinski definition) is 4. The Hall–Kier alpha value is -1.18. The zero-order chi connectivity index (χ0) is 11.1. The highest BCUT2D eigenvalue weighted by Crippen LogP contribution is 1.97. The van der Waals surface area contributed by atoms with Crippen molar-refractivity contribution < 1.29 is 34.8 Å². The van der Waals surface area contributed by atoms with E-state index in [1.807, 2.05) is 0 Å². The Bertz CT molecular complexity index is 202. The lowest BCUT2D eigenvalue weighted by atomic mass is 10.2. The van der Waals surface area contributed by atoms with Crippen LogP contribution in [0.1, 0.15) is 6.42 Å². The quantitative estimate of drug-likeness (QED) is 0.286. The lowest BCUT2D eigenvalue weighted by Gasteiger charge is -2.12. The number of aliphatic carboxylic acids is 1. The smallest absolute Gasteiger partial charge is 0.338 e. The van der Waals surface area contributed by atoms with Crippen LogP contribution in [0.3, 0.4) is 0 Å². The number of aliphatic hydroxyl groups excluding tert-OH is 3. The topological polar surface area (TPSA) is 124 Å². The molecule has 0 aliphatic rings. The van der Waals surface area contributed by atoms with E-state index >= 15 is 0 Å². The van der Waals surface area contributed by atoms with Crippen molar-refractivity contribution in [1.82, 2.24) is 0 Å². The van der Waals surface area contributed by atoms with Crippen LogP contribution in [0, 0.1) is 0 Å². The van der Waals surface area contributed by atoms with Crippen LogP contribution in [0.15, 0.2) is 0 Å². The number of carboxylic acid groups (broad SMARTS) is 1. The molecular formula is C7H12O7. The standard InChI is InChI=1S/C7H12O7/c8-2-1-3-14-7(13)5(10)4(9)6(11)12/h4-5,8-10H,1-3H2,(H,11,12). The molecule has 14 heavy (non-hydrogen) atoms. The van der Waals surface area contributed by atoms with Gasteiger partial charge in [-0.2, -0.15) is 0 Å². The molecule has 2 atom stereocenters. The molecule has 0 radical (unpaired) electrons. The summed E-state index contributed by atoms with van der Waals surface area (Å²) in [4.78, 5) is 20.9. The number of ether oxygens (including phenoxy) is 1. The van der Waals surface area contributed by atoms with Crippen LogP contribution in [0.4, 0.5) is 0 Å². The third-order valence-corrected chi connectivity index (χ3v) is 1.34. The summed E-state index contributed by atoms with van der Waals surface area (Å²) in [6.45, 7) is -0.330. The number of rotatable bonds is 6. The average Bonchev–Trinajstić information content (AvgIpc) is 2.15. The first-order valence-electron chi connectivity index (χ1n) is 3.87. The fraction of sp³-hybridized carbons (Fsp3) is 0.714. The van der Waals surface area contributed by atoms with E-state index in [1.54, 1.807) is 0 Å². The van der Waals surface area contributed by atoms with Crippen molar-refractivity contribution in [3.05, 3.63) is 0 Å². The summed E-state index contributed by atoms with van der Waals surface area (Å²) in [6.07, 6.45) is -4.12. The molecule has 0 fully saturated rings. The van der Waals surface area contributed by atoms with E-state index in [0.29, 0.717) is 0 Å². The summed E-state index contributed by atoms with van der Waals surface area (Å²) < 4.78 is 4.34. The molecule has 0 heterocycles. The maximum Gasteiger partial charge on any atom is 0.338 e. The van der Waals surface area contributed by atoms with E-state index in [0.717, 1.165) is 0 Å². The number of carboxylic acids is 1. The lowest BCUT2D eigenvalue weighted by molar-refractivity contribution is -0.169. The van der Waals surface area contributed by atoms with Gasteiger partial charge in [-0.15, -0.1) is 0 Å². The molecule has 7 nitrogen and oxygen atoms in total. The van der Waals surface area contributed by atoms with Gasteiger partial charge in [0.15, 0.2) is 12.2 Å². The minimum Gasteiger partial charge on any atom is -0.479 e. The molecule has 4 N–H and O–H groups in total.